The Morgan fingerprint density at radius 1 is 1.00 bits per heavy atom. The summed E-state index contributed by atoms with van der Waals surface area (Å²) in [5.41, 5.74) is -1.39. The SMILES string of the molecule is CCC(C)(CCC(C)(C)N1CCCC12C=CCC1CCC(C(O)NC(C)(C)C)C1C2=O)CN1CCC(CNC(C)(C)C)OCC(=O)NCC1=O. The summed E-state index contributed by atoms with van der Waals surface area (Å²) in [4.78, 5) is 45.3. The van der Waals surface area contributed by atoms with Gasteiger partial charge in [0.15, 0.2) is 5.78 Å². The molecule has 10 nitrogen and oxygen atoms in total. The van der Waals surface area contributed by atoms with Gasteiger partial charge in [0.1, 0.15) is 12.8 Å². The number of hydrogen-bond acceptors (Lipinski definition) is 8. The predicted molar refractivity (Wildman–Crippen MR) is 199 cm³/mol. The highest BCUT2D eigenvalue weighted by Crippen LogP contribution is 2.50. The lowest BCUT2D eigenvalue weighted by atomic mass is 9.74. The number of amides is 2. The van der Waals surface area contributed by atoms with Gasteiger partial charge in [-0.2, -0.15) is 0 Å². The third kappa shape index (κ3) is 10.2. The summed E-state index contributed by atoms with van der Waals surface area (Å²) in [5, 5.41) is 21.0. The smallest absolute Gasteiger partial charge is 0.246 e. The Hall–Kier alpha value is -1.85. The second kappa shape index (κ2) is 16.0. The number of carbonyl (C=O) groups is 3. The van der Waals surface area contributed by atoms with Gasteiger partial charge in [-0.3, -0.25) is 24.6 Å². The van der Waals surface area contributed by atoms with Crippen LogP contribution in [-0.4, -0.2) is 106 Å². The highest BCUT2D eigenvalue weighted by Gasteiger charge is 2.57. The van der Waals surface area contributed by atoms with Crippen molar-refractivity contribution in [1.82, 2.24) is 25.8 Å². The lowest BCUT2D eigenvalue weighted by molar-refractivity contribution is -0.139. The van der Waals surface area contributed by atoms with Crippen LogP contribution in [0.5, 0.6) is 0 Å². The maximum absolute atomic E-state index is 14.9. The van der Waals surface area contributed by atoms with Gasteiger partial charge in [-0.05, 0) is 125 Å². The molecule has 4 aliphatic rings. The second-order valence-corrected chi connectivity index (χ2v) is 19.0. The highest BCUT2D eigenvalue weighted by atomic mass is 16.5. The maximum atomic E-state index is 14.9. The number of aliphatic hydroxyl groups is 1. The van der Waals surface area contributed by atoms with Crippen molar-refractivity contribution in [2.24, 2.45) is 23.2 Å². The highest BCUT2D eigenvalue weighted by molar-refractivity contribution is 5.94. The fourth-order valence-electron chi connectivity index (χ4n) is 8.97. The Bertz CT molecular complexity index is 1220. The van der Waals surface area contributed by atoms with Crippen LogP contribution < -0.4 is 16.0 Å². The first-order valence-corrected chi connectivity index (χ1v) is 19.6. The summed E-state index contributed by atoms with van der Waals surface area (Å²) >= 11 is 0. The number of nitrogens with zero attached hydrogens (tertiary/aromatic N) is 2. The molecule has 286 valence electrons. The van der Waals surface area contributed by atoms with Crippen molar-refractivity contribution in [2.75, 3.05) is 39.3 Å². The van der Waals surface area contributed by atoms with Crippen molar-refractivity contribution < 1.29 is 24.2 Å². The van der Waals surface area contributed by atoms with Crippen molar-refractivity contribution in [2.45, 2.75) is 162 Å². The van der Waals surface area contributed by atoms with Crippen LogP contribution in [-0.2, 0) is 19.1 Å². The molecule has 0 bridgehead atoms. The maximum Gasteiger partial charge on any atom is 0.246 e. The summed E-state index contributed by atoms with van der Waals surface area (Å²) in [6.07, 6.45) is 11.5. The van der Waals surface area contributed by atoms with E-state index >= 15 is 0 Å². The van der Waals surface area contributed by atoms with E-state index in [2.05, 4.69) is 102 Å². The van der Waals surface area contributed by atoms with E-state index in [1.54, 1.807) is 0 Å². The number of nitrogens with one attached hydrogen (secondary N) is 3. The molecule has 2 amide bonds. The number of Topliss-reactive ketones (excluding diaryl/α,β-unsaturated/α-hetero) is 1. The zero-order chi connectivity index (χ0) is 37.1. The van der Waals surface area contributed by atoms with Gasteiger partial charge in [0, 0.05) is 54.6 Å². The zero-order valence-electron chi connectivity index (χ0n) is 33.1. The minimum atomic E-state index is -0.707. The van der Waals surface area contributed by atoms with E-state index < -0.39 is 11.8 Å². The molecule has 2 aliphatic carbocycles. The summed E-state index contributed by atoms with van der Waals surface area (Å²) < 4.78 is 5.99. The normalized spacial score (nSPS) is 31.0. The van der Waals surface area contributed by atoms with Crippen molar-refractivity contribution in [3.63, 3.8) is 0 Å². The third-order valence-corrected chi connectivity index (χ3v) is 12.1. The molecule has 7 atom stereocenters. The van der Waals surface area contributed by atoms with Crippen molar-refractivity contribution in [3.8, 4) is 0 Å². The van der Waals surface area contributed by atoms with Gasteiger partial charge in [0.2, 0.25) is 11.8 Å². The number of ketones is 1. The van der Waals surface area contributed by atoms with E-state index in [1.165, 1.54) is 0 Å². The molecule has 2 aliphatic heterocycles. The molecule has 50 heavy (non-hydrogen) atoms. The van der Waals surface area contributed by atoms with E-state index in [0.29, 0.717) is 31.8 Å². The Labute approximate surface area is 303 Å². The van der Waals surface area contributed by atoms with Gasteiger partial charge >= 0.3 is 0 Å². The van der Waals surface area contributed by atoms with Gasteiger partial charge < -0.3 is 25.4 Å². The van der Waals surface area contributed by atoms with Gasteiger partial charge in [0.25, 0.3) is 0 Å². The van der Waals surface area contributed by atoms with E-state index in [1.807, 2.05) is 4.90 Å². The Morgan fingerprint density at radius 2 is 1.72 bits per heavy atom. The monoisotopic (exact) mass is 702 g/mol. The van der Waals surface area contributed by atoms with E-state index in [4.69, 9.17) is 4.74 Å². The number of allylic oxidation sites excluding steroid dienone is 1. The third-order valence-electron chi connectivity index (χ3n) is 12.1. The first kappa shape index (κ1) is 40.9. The first-order valence-electron chi connectivity index (χ1n) is 19.6. The molecule has 4 N–H and O–H groups in total. The molecule has 0 aromatic carbocycles. The molecule has 3 fully saturated rings. The summed E-state index contributed by atoms with van der Waals surface area (Å²) in [5.74, 6) is 0.00790. The fourth-order valence-corrected chi connectivity index (χ4v) is 8.97. The zero-order valence-corrected chi connectivity index (χ0v) is 33.1. The number of carbonyl (C=O) groups excluding carboxylic acids is 3. The second-order valence-electron chi connectivity index (χ2n) is 19.0. The molecular weight excluding hydrogens is 630 g/mol. The summed E-state index contributed by atoms with van der Waals surface area (Å²) in [6.45, 7) is 24.1. The minimum Gasteiger partial charge on any atom is -0.378 e. The van der Waals surface area contributed by atoms with Crippen LogP contribution in [0.3, 0.4) is 0 Å². The quantitative estimate of drug-likeness (QED) is 0.179. The minimum absolute atomic E-state index is 0.0216. The number of fused-ring (bicyclic) bond motifs is 1. The van der Waals surface area contributed by atoms with Crippen molar-refractivity contribution in [3.05, 3.63) is 12.2 Å². The predicted octanol–water partition coefficient (Wildman–Crippen LogP) is 4.80. The van der Waals surface area contributed by atoms with Gasteiger partial charge in [0.05, 0.1) is 18.2 Å². The molecule has 0 radical (unpaired) electrons. The van der Waals surface area contributed by atoms with Crippen LogP contribution in [0.1, 0.15) is 127 Å². The average molecular weight is 702 g/mol. The molecule has 0 aromatic heterocycles. The molecule has 1 saturated carbocycles. The van der Waals surface area contributed by atoms with Crippen LogP contribution >= 0.6 is 0 Å². The van der Waals surface area contributed by atoms with E-state index in [9.17, 15) is 19.5 Å². The number of aliphatic hydroxyl groups excluding tert-OH is 1. The molecule has 10 heteroatoms. The lowest BCUT2D eigenvalue weighted by Crippen LogP contribution is -2.60. The van der Waals surface area contributed by atoms with Crippen LogP contribution in [0, 0.1) is 23.2 Å². The molecular formula is C40H71N5O5. The topological polar surface area (TPSA) is 123 Å². The number of hydrogen-bond donors (Lipinski definition) is 4. The summed E-state index contributed by atoms with van der Waals surface area (Å²) in [6, 6.07) is 0. The first-order chi connectivity index (χ1) is 23.2. The molecule has 0 aromatic rings. The molecule has 1 spiro atoms. The number of likely N-dealkylation sites (tertiary alicyclic amines) is 1. The number of ether oxygens (including phenoxy) is 1. The van der Waals surface area contributed by atoms with E-state index in [-0.39, 0.29) is 70.9 Å². The van der Waals surface area contributed by atoms with Crippen molar-refractivity contribution in [1.29, 1.82) is 0 Å². The molecule has 2 heterocycles. The van der Waals surface area contributed by atoms with Crippen LogP contribution in [0.25, 0.3) is 0 Å². The molecule has 7 unspecified atom stereocenters. The fraction of sp³-hybridized carbons (Fsp3) is 0.875. The largest absolute Gasteiger partial charge is 0.378 e. The Morgan fingerprint density at radius 3 is 2.38 bits per heavy atom. The van der Waals surface area contributed by atoms with Crippen LogP contribution in [0.15, 0.2) is 12.2 Å². The number of rotatable bonds is 11. The lowest BCUT2D eigenvalue weighted by Gasteiger charge is -2.48. The molecule has 2 saturated heterocycles. The van der Waals surface area contributed by atoms with Crippen molar-refractivity contribution >= 4 is 17.6 Å². The van der Waals surface area contributed by atoms with Crippen LogP contribution in [0.4, 0.5) is 0 Å². The standard InChI is InChI=1S/C40H71N5O5/c1-11-39(10,27-44-23-17-29(24-42-36(2,3)4)50-26-31(46)41-25-32(44)47)21-20-38(8,9)45-22-13-19-40(45)18-12-14-28-15-16-30(33(28)34(40)48)35(49)43-37(5,6)7/h12,18,28-30,33,35,42-43,49H,11,13-17,19-27H2,1-10H3,(H,41,46). The summed E-state index contributed by atoms with van der Waals surface area (Å²) in [7, 11) is 0. The van der Waals surface area contributed by atoms with E-state index in [0.717, 1.165) is 57.9 Å². The van der Waals surface area contributed by atoms with Crippen LogP contribution in [0.2, 0.25) is 0 Å². The Balaban J connectivity index is 1.48. The van der Waals surface area contributed by atoms with Gasteiger partial charge in [-0.25, -0.2) is 0 Å². The average Bonchev–Trinajstić information content (AvgIpc) is 3.62. The molecule has 4 rings (SSSR count). The Kier molecular flexibility index (Phi) is 13.1. The van der Waals surface area contributed by atoms with Gasteiger partial charge in [-0.1, -0.05) is 26.0 Å². The van der Waals surface area contributed by atoms with Gasteiger partial charge in [-0.15, -0.1) is 0 Å².